The first-order valence-electron chi connectivity index (χ1n) is 10.2. The van der Waals surface area contributed by atoms with Gasteiger partial charge >= 0.3 is 6.18 Å². The predicted molar refractivity (Wildman–Crippen MR) is 118 cm³/mol. The van der Waals surface area contributed by atoms with Crippen LogP contribution in [-0.2, 0) is 23.8 Å². The Bertz CT molecular complexity index is 1200. The van der Waals surface area contributed by atoms with Gasteiger partial charge in [0, 0.05) is 23.5 Å². The number of nitrogens with one attached hydrogen (secondary N) is 1. The van der Waals surface area contributed by atoms with Gasteiger partial charge in [-0.1, -0.05) is 30.0 Å². The molecule has 7 nitrogen and oxygen atoms in total. The van der Waals surface area contributed by atoms with Crippen LogP contribution in [0.25, 0.3) is 5.69 Å². The third-order valence-electron chi connectivity index (χ3n) is 5.24. The first kappa shape index (κ1) is 22.8. The van der Waals surface area contributed by atoms with Gasteiger partial charge in [-0.2, -0.15) is 13.2 Å². The molecule has 1 N–H and O–H groups in total. The van der Waals surface area contributed by atoms with Crippen molar-refractivity contribution in [3.8, 4) is 5.69 Å². The highest BCUT2D eigenvalue weighted by molar-refractivity contribution is 7.99. The minimum absolute atomic E-state index is 0.170. The van der Waals surface area contributed by atoms with Crippen molar-refractivity contribution in [1.82, 2.24) is 9.55 Å². The maximum Gasteiger partial charge on any atom is 0.418 e. The zero-order chi connectivity index (χ0) is 23.6. The Balaban J connectivity index is 1.55. The Morgan fingerprint density at radius 2 is 1.88 bits per heavy atom. The van der Waals surface area contributed by atoms with Gasteiger partial charge in [-0.25, -0.2) is 4.98 Å². The Labute approximate surface area is 191 Å². The number of imidazole rings is 1. The highest BCUT2D eigenvalue weighted by Crippen LogP contribution is 2.37. The largest absolute Gasteiger partial charge is 0.418 e. The van der Waals surface area contributed by atoms with E-state index in [0.29, 0.717) is 11.2 Å². The quantitative estimate of drug-likeness (QED) is 0.292. The number of hydrogen-bond donors (Lipinski definition) is 1. The van der Waals surface area contributed by atoms with Crippen LogP contribution in [0.4, 0.5) is 24.5 Å². The number of carbonyl (C=O) groups is 1. The van der Waals surface area contributed by atoms with Crippen LogP contribution < -0.4 is 5.32 Å². The molecule has 0 saturated heterocycles. The fourth-order valence-corrected chi connectivity index (χ4v) is 4.61. The molecule has 0 aliphatic heterocycles. The summed E-state index contributed by atoms with van der Waals surface area (Å²) in [4.78, 5) is 27.1. The summed E-state index contributed by atoms with van der Waals surface area (Å²) in [6.45, 7) is 0. The Kier molecular flexibility index (Phi) is 6.41. The molecular weight excluding hydrogens is 457 g/mol. The van der Waals surface area contributed by atoms with Crippen LogP contribution in [0, 0.1) is 10.1 Å². The van der Waals surface area contributed by atoms with Crippen molar-refractivity contribution < 1.29 is 22.9 Å². The molecular formula is C22H19F3N4O3S. The van der Waals surface area contributed by atoms with Gasteiger partial charge in [-0.05, 0) is 43.9 Å². The molecule has 1 heterocycles. The molecule has 4 rings (SSSR count). The molecule has 172 valence electrons. The fraction of sp³-hybridized carbons (Fsp3) is 0.273. The van der Waals surface area contributed by atoms with Gasteiger partial charge in [0.2, 0.25) is 5.91 Å². The average molecular weight is 476 g/mol. The normalized spacial score (nSPS) is 13.4. The van der Waals surface area contributed by atoms with Gasteiger partial charge in [-0.15, -0.1) is 0 Å². The molecule has 0 bridgehead atoms. The number of non-ortho nitro benzene ring substituents is 1. The number of halogens is 3. The van der Waals surface area contributed by atoms with Gasteiger partial charge in [0.1, 0.15) is 0 Å². The fourth-order valence-electron chi connectivity index (χ4n) is 3.76. The molecule has 1 amide bonds. The summed E-state index contributed by atoms with van der Waals surface area (Å²) in [6, 6.07) is 11.8. The van der Waals surface area contributed by atoms with Gasteiger partial charge < -0.3 is 5.32 Å². The minimum Gasteiger partial charge on any atom is -0.325 e. The summed E-state index contributed by atoms with van der Waals surface area (Å²) in [5.74, 6) is -0.836. The lowest BCUT2D eigenvalue weighted by atomic mass is 10.0. The van der Waals surface area contributed by atoms with E-state index in [0.717, 1.165) is 66.7 Å². The van der Waals surface area contributed by atoms with Crippen LogP contribution in [0.15, 0.2) is 53.7 Å². The molecule has 0 atom stereocenters. The average Bonchev–Trinajstić information content (AvgIpc) is 3.16. The van der Waals surface area contributed by atoms with E-state index in [1.807, 2.05) is 34.9 Å². The number of nitrogens with zero attached hydrogens (tertiary/aromatic N) is 3. The highest BCUT2D eigenvalue weighted by atomic mass is 32.2. The van der Waals surface area contributed by atoms with E-state index in [2.05, 4.69) is 10.3 Å². The molecule has 0 fully saturated rings. The summed E-state index contributed by atoms with van der Waals surface area (Å²) < 4.78 is 42.1. The van der Waals surface area contributed by atoms with E-state index in [1.54, 1.807) is 0 Å². The Morgan fingerprint density at radius 3 is 2.58 bits per heavy atom. The topological polar surface area (TPSA) is 90.1 Å². The van der Waals surface area contributed by atoms with Crippen molar-refractivity contribution in [2.75, 3.05) is 11.1 Å². The van der Waals surface area contributed by atoms with Crippen LogP contribution in [0.3, 0.4) is 0 Å². The number of fused-ring (bicyclic) bond motifs is 1. The first-order chi connectivity index (χ1) is 15.7. The van der Waals surface area contributed by atoms with Crippen LogP contribution in [0.1, 0.15) is 29.8 Å². The number of nitro benzene ring substituents is 1. The number of rotatable bonds is 6. The second kappa shape index (κ2) is 9.26. The number of carbonyl (C=O) groups excluding carboxylic acids is 1. The maximum absolute atomic E-state index is 13.4. The number of hydrogen-bond acceptors (Lipinski definition) is 5. The molecule has 33 heavy (non-hydrogen) atoms. The number of para-hydroxylation sites is 1. The molecule has 3 aromatic rings. The van der Waals surface area contributed by atoms with Crippen LogP contribution in [0.5, 0.6) is 0 Å². The second-order valence-corrected chi connectivity index (χ2v) is 8.43. The van der Waals surface area contributed by atoms with Crippen LogP contribution in [-0.4, -0.2) is 26.1 Å². The number of benzene rings is 2. The van der Waals surface area contributed by atoms with Crippen molar-refractivity contribution in [3.05, 3.63) is 75.6 Å². The van der Waals surface area contributed by atoms with E-state index in [9.17, 15) is 28.1 Å². The van der Waals surface area contributed by atoms with Crippen molar-refractivity contribution in [2.45, 2.75) is 37.0 Å². The number of amides is 1. The molecule has 11 heteroatoms. The lowest BCUT2D eigenvalue weighted by Gasteiger charge is -2.15. The number of anilines is 1. The lowest BCUT2D eigenvalue weighted by Crippen LogP contribution is -2.18. The SMILES string of the molecule is O=C(CSc1nc2c(n1-c1ccccc1)CCCC2)Nc1ccc([N+](=O)[O-])cc1C(F)(F)F. The standard InChI is InChI=1S/C22H19F3N4O3S/c23-22(24,25)16-12-15(29(31)32)10-11-17(16)26-20(30)13-33-21-27-18-8-4-5-9-19(18)28(21)14-6-2-1-3-7-14/h1-3,6-7,10-12H,4-5,8-9,13H2,(H,26,30). The number of aryl methyl sites for hydroxylation is 1. The third-order valence-corrected chi connectivity index (χ3v) is 6.18. The van der Waals surface area contributed by atoms with Crippen molar-refractivity contribution >= 4 is 29.0 Å². The minimum atomic E-state index is -4.86. The number of thioether (sulfide) groups is 1. The van der Waals surface area contributed by atoms with E-state index in [1.165, 1.54) is 0 Å². The molecule has 0 spiro atoms. The molecule has 0 saturated carbocycles. The Morgan fingerprint density at radius 1 is 1.15 bits per heavy atom. The predicted octanol–water partition coefficient (Wildman–Crippen LogP) is 5.41. The summed E-state index contributed by atoms with van der Waals surface area (Å²) in [6.07, 6.45) is -1.08. The molecule has 0 unspecified atom stereocenters. The molecule has 2 aromatic carbocycles. The van der Waals surface area contributed by atoms with Gasteiger partial charge in [0.05, 0.1) is 27.6 Å². The van der Waals surface area contributed by atoms with E-state index in [4.69, 9.17) is 0 Å². The van der Waals surface area contributed by atoms with Crippen molar-refractivity contribution in [3.63, 3.8) is 0 Å². The van der Waals surface area contributed by atoms with Gasteiger partial charge in [-0.3, -0.25) is 19.5 Å². The van der Waals surface area contributed by atoms with E-state index in [-0.39, 0.29) is 5.75 Å². The van der Waals surface area contributed by atoms with Crippen molar-refractivity contribution in [1.29, 1.82) is 0 Å². The molecule has 1 aromatic heterocycles. The number of aromatic nitrogens is 2. The maximum atomic E-state index is 13.4. The van der Waals surface area contributed by atoms with E-state index < -0.39 is 33.9 Å². The Hall–Kier alpha value is -3.34. The van der Waals surface area contributed by atoms with Crippen molar-refractivity contribution in [2.24, 2.45) is 0 Å². The molecule has 0 radical (unpaired) electrons. The zero-order valence-corrected chi connectivity index (χ0v) is 18.1. The number of nitro groups is 1. The summed E-state index contributed by atoms with van der Waals surface area (Å²) >= 11 is 1.13. The van der Waals surface area contributed by atoms with Gasteiger partial charge in [0.15, 0.2) is 5.16 Å². The summed E-state index contributed by atoms with van der Waals surface area (Å²) in [5, 5.41) is 13.7. The molecule has 1 aliphatic carbocycles. The third kappa shape index (κ3) is 5.03. The van der Waals surface area contributed by atoms with Gasteiger partial charge in [0.25, 0.3) is 5.69 Å². The van der Waals surface area contributed by atoms with Crippen LogP contribution >= 0.6 is 11.8 Å². The lowest BCUT2D eigenvalue weighted by molar-refractivity contribution is -0.385. The smallest absolute Gasteiger partial charge is 0.325 e. The summed E-state index contributed by atoms with van der Waals surface area (Å²) in [5.41, 5.74) is 0.476. The highest BCUT2D eigenvalue weighted by Gasteiger charge is 2.35. The first-order valence-corrected chi connectivity index (χ1v) is 11.2. The van der Waals surface area contributed by atoms with E-state index >= 15 is 0 Å². The monoisotopic (exact) mass is 476 g/mol. The zero-order valence-electron chi connectivity index (χ0n) is 17.3. The van der Waals surface area contributed by atoms with Crippen LogP contribution in [0.2, 0.25) is 0 Å². The number of alkyl halides is 3. The summed E-state index contributed by atoms with van der Waals surface area (Å²) in [7, 11) is 0. The molecule has 1 aliphatic rings. The second-order valence-electron chi connectivity index (χ2n) is 7.49.